The fourth-order valence-electron chi connectivity index (χ4n) is 3.06. The quantitative estimate of drug-likeness (QED) is 0.411. The molecule has 2 aromatic rings. The van der Waals surface area contributed by atoms with E-state index in [2.05, 4.69) is 14.7 Å². The fourth-order valence-corrected chi connectivity index (χ4v) is 5.22. The van der Waals surface area contributed by atoms with Gasteiger partial charge in [0.15, 0.2) is 5.16 Å². The van der Waals surface area contributed by atoms with Crippen LogP contribution in [0.2, 0.25) is 5.02 Å². The number of anilines is 1. The van der Waals surface area contributed by atoms with Crippen LogP contribution in [0.5, 0.6) is 5.88 Å². The van der Waals surface area contributed by atoms with Crippen LogP contribution in [0.1, 0.15) is 26.3 Å². The first-order valence-electron chi connectivity index (χ1n) is 10.6. The molecule has 1 fully saturated rings. The molecule has 1 aromatic heterocycles. The summed E-state index contributed by atoms with van der Waals surface area (Å²) in [5, 5.41) is 0.200. The summed E-state index contributed by atoms with van der Waals surface area (Å²) in [5.41, 5.74) is -0.277. The largest absolute Gasteiger partial charge is 0.481 e. The summed E-state index contributed by atoms with van der Waals surface area (Å²) in [6.45, 7) is 5.86. The second-order valence-electron chi connectivity index (χ2n) is 8.55. The first-order chi connectivity index (χ1) is 16.4. The van der Waals surface area contributed by atoms with E-state index in [0.29, 0.717) is 5.56 Å². The molecule has 1 aliphatic rings. The van der Waals surface area contributed by atoms with Crippen LogP contribution in [0.4, 0.5) is 15.0 Å². The van der Waals surface area contributed by atoms with Gasteiger partial charge in [0.25, 0.3) is 0 Å². The molecule has 1 N–H and O–H groups in total. The summed E-state index contributed by atoms with van der Waals surface area (Å²) in [5.74, 6) is -0.212. The van der Waals surface area contributed by atoms with Crippen molar-refractivity contribution in [3.8, 4) is 5.88 Å². The van der Waals surface area contributed by atoms with Gasteiger partial charge >= 0.3 is 16.3 Å². The number of carbonyl (C=O) groups is 1. The SMILES string of the molecule is COc1cc(NS(=O)(=O)N2CCN(C(=O)OC(C)(C)C)CC2)nc(SCc2cccc(Cl)c2F)n1. The van der Waals surface area contributed by atoms with Crippen molar-refractivity contribution < 1.29 is 27.1 Å². The molecule has 0 atom stereocenters. The van der Waals surface area contributed by atoms with Crippen molar-refractivity contribution >= 4 is 45.5 Å². The molecule has 192 valence electrons. The van der Waals surface area contributed by atoms with Crippen LogP contribution in [0.3, 0.4) is 0 Å². The van der Waals surface area contributed by atoms with Gasteiger partial charge in [-0.05, 0) is 32.4 Å². The zero-order valence-electron chi connectivity index (χ0n) is 19.7. The van der Waals surface area contributed by atoms with E-state index >= 15 is 0 Å². The van der Waals surface area contributed by atoms with E-state index in [4.69, 9.17) is 21.1 Å². The zero-order chi connectivity index (χ0) is 25.8. The first-order valence-corrected chi connectivity index (χ1v) is 13.4. The predicted octanol–water partition coefficient (Wildman–Crippen LogP) is 3.78. The molecule has 14 heteroatoms. The summed E-state index contributed by atoms with van der Waals surface area (Å²) in [7, 11) is -2.58. The maximum atomic E-state index is 14.2. The summed E-state index contributed by atoms with van der Waals surface area (Å²) in [6.07, 6.45) is -0.485. The molecule has 1 saturated heterocycles. The molecule has 0 aliphatic carbocycles. The number of nitrogens with one attached hydrogen (secondary N) is 1. The number of benzene rings is 1. The lowest BCUT2D eigenvalue weighted by atomic mass is 10.2. The van der Waals surface area contributed by atoms with Gasteiger partial charge in [-0.25, -0.2) is 14.2 Å². The third-order valence-electron chi connectivity index (χ3n) is 4.74. The molecule has 1 amide bonds. The fraction of sp³-hybridized carbons (Fsp3) is 0.476. The highest BCUT2D eigenvalue weighted by atomic mass is 35.5. The van der Waals surface area contributed by atoms with Crippen LogP contribution in [-0.2, 0) is 20.7 Å². The smallest absolute Gasteiger partial charge is 0.410 e. The van der Waals surface area contributed by atoms with Gasteiger partial charge in [0.2, 0.25) is 5.88 Å². The molecule has 1 aliphatic heterocycles. The summed E-state index contributed by atoms with van der Waals surface area (Å²) >= 11 is 6.93. The maximum Gasteiger partial charge on any atom is 0.410 e. The van der Waals surface area contributed by atoms with E-state index in [-0.39, 0.29) is 53.8 Å². The lowest BCUT2D eigenvalue weighted by Crippen LogP contribution is -2.52. The van der Waals surface area contributed by atoms with Crippen molar-refractivity contribution in [2.75, 3.05) is 38.0 Å². The van der Waals surface area contributed by atoms with Crippen molar-refractivity contribution in [1.82, 2.24) is 19.2 Å². The van der Waals surface area contributed by atoms with E-state index in [0.717, 1.165) is 11.8 Å². The van der Waals surface area contributed by atoms with E-state index in [1.807, 2.05) is 0 Å². The number of amides is 1. The summed E-state index contributed by atoms with van der Waals surface area (Å²) in [6, 6.07) is 6.02. The Morgan fingerprint density at radius 1 is 1.23 bits per heavy atom. The van der Waals surface area contributed by atoms with E-state index in [9.17, 15) is 17.6 Å². The van der Waals surface area contributed by atoms with Crippen LogP contribution < -0.4 is 9.46 Å². The Hall–Kier alpha value is -2.35. The highest BCUT2D eigenvalue weighted by Gasteiger charge is 2.31. The van der Waals surface area contributed by atoms with Gasteiger partial charge in [-0.15, -0.1) is 0 Å². The molecular formula is C21H27ClFN5O5S2. The average molecular weight is 548 g/mol. The number of carbonyl (C=O) groups excluding carboxylic acids is 1. The topological polar surface area (TPSA) is 114 Å². The van der Waals surface area contributed by atoms with Crippen LogP contribution >= 0.6 is 23.4 Å². The predicted molar refractivity (Wildman–Crippen MR) is 131 cm³/mol. The second kappa shape index (κ2) is 11.1. The molecule has 0 unspecified atom stereocenters. The summed E-state index contributed by atoms with van der Waals surface area (Å²) in [4.78, 5) is 22.1. The van der Waals surface area contributed by atoms with Crippen LogP contribution in [-0.4, -0.2) is 72.6 Å². The third kappa shape index (κ3) is 7.56. The van der Waals surface area contributed by atoms with E-state index in [1.165, 1.54) is 28.4 Å². The molecule has 3 rings (SSSR count). The van der Waals surface area contributed by atoms with Gasteiger partial charge in [-0.2, -0.15) is 17.7 Å². The van der Waals surface area contributed by atoms with Gasteiger partial charge in [0.05, 0.1) is 12.1 Å². The Balaban J connectivity index is 1.66. The maximum absolute atomic E-state index is 14.2. The number of piperazine rings is 1. The molecule has 35 heavy (non-hydrogen) atoms. The lowest BCUT2D eigenvalue weighted by Gasteiger charge is -2.34. The molecule has 10 nitrogen and oxygen atoms in total. The first kappa shape index (κ1) is 27.2. The molecule has 0 bridgehead atoms. The number of thioether (sulfide) groups is 1. The lowest BCUT2D eigenvalue weighted by molar-refractivity contribution is 0.0193. The number of hydrogen-bond acceptors (Lipinski definition) is 8. The standard InChI is InChI=1S/C21H27ClFN5O5S2/c1-21(2,3)33-20(29)27-8-10-28(11-9-27)35(30,31)26-16-12-17(32-4)25-19(24-16)34-13-14-6-5-7-15(22)18(14)23/h5-7,12H,8-11,13H2,1-4H3,(H,24,25,26). The molecule has 1 aromatic carbocycles. The normalized spacial score (nSPS) is 15.1. The van der Waals surface area contributed by atoms with Gasteiger partial charge in [0.1, 0.15) is 17.2 Å². The molecule has 0 saturated carbocycles. The van der Waals surface area contributed by atoms with Gasteiger partial charge in [-0.3, -0.25) is 4.72 Å². The Labute approximate surface area is 213 Å². The molecular weight excluding hydrogens is 521 g/mol. The number of hydrogen-bond donors (Lipinski definition) is 1. The number of aromatic nitrogens is 2. The van der Waals surface area contributed by atoms with Gasteiger partial charge < -0.3 is 14.4 Å². The molecule has 2 heterocycles. The van der Waals surface area contributed by atoms with Crippen LogP contribution in [0.15, 0.2) is 29.4 Å². The Kier molecular flexibility index (Phi) is 8.67. The minimum absolute atomic E-state index is 0.000452. The minimum atomic E-state index is -3.97. The number of nitrogens with zero attached hydrogens (tertiary/aromatic N) is 4. The Bertz CT molecular complexity index is 1170. The monoisotopic (exact) mass is 547 g/mol. The number of rotatable bonds is 7. The molecule has 0 spiro atoms. The van der Waals surface area contributed by atoms with Crippen molar-refractivity contribution in [3.05, 3.63) is 40.7 Å². The zero-order valence-corrected chi connectivity index (χ0v) is 22.1. The molecule has 0 radical (unpaired) electrons. The second-order valence-corrected chi connectivity index (χ2v) is 11.6. The average Bonchev–Trinajstić information content (AvgIpc) is 2.78. The highest BCUT2D eigenvalue weighted by Crippen LogP contribution is 2.27. The van der Waals surface area contributed by atoms with Crippen molar-refractivity contribution in [1.29, 1.82) is 0 Å². The van der Waals surface area contributed by atoms with E-state index < -0.39 is 27.7 Å². The number of halogens is 2. The summed E-state index contributed by atoms with van der Waals surface area (Å²) < 4.78 is 54.2. The van der Waals surface area contributed by atoms with Gasteiger partial charge in [-0.1, -0.05) is 35.5 Å². The highest BCUT2D eigenvalue weighted by molar-refractivity contribution is 7.98. The van der Waals surface area contributed by atoms with Crippen LogP contribution in [0.25, 0.3) is 0 Å². The van der Waals surface area contributed by atoms with Gasteiger partial charge in [0, 0.05) is 38.0 Å². The van der Waals surface area contributed by atoms with E-state index in [1.54, 1.807) is 32.9 Å². The Morgan fingerprint density at radius 2 is 1.91 bits per heavy atom. The third-order valence-corrected chi connectivity index (χ3v) is 7.44. The van der Waals surface area contributed by atoms with Crippen molar-refractivity contribution in [3.63, 3.8) is 0 Å². The number of ether oxygens (including phenoxy) is 2. The van der Waals surface area contributed by atoms with Crippen molar-refractivity contribution in [2.45, 2.75) is 37.3 Å². The number of methoxy groups -OCH3 is 1. The Morgan fingerprint density at radius 3 is 2.54 bits per heavy atom. The van der Waals surface area contributed by atoms with Crippen molar-refractivity contribution in [2.24, 2.45) is 0 Å². The minimum Gasteiger partial charge on any atom is -0.481 e. The van der Waals surface area contributed by atoms with Crippen LogP contribution in [0, 0.1) is 5.82 Å².